The van der Waals surface area contributed by atoms with Crippen molar-refractivity contribution in [2.45, 2.75) is 5.92 Å². The fraction of sp³-hybridized carbons (Fsp3) is 0.0323. The molecule has 0 spiro atoms. The molecule has 0 unspecified atom stereocenters. The van der Waals surface area contributed by atoms with Crippen molar-refractivity contribution in [2.24, 2.45) is 0 Å². The van der Waals surface area contributed by atoms with Crippen molar-refractivity contribution in [3.8, 4) is 11.1 Å². The van der Waals surface area contributed by atoms with Crippen LogP contribution in [0.1, 0.15) is 22.6 Å². The lowest BCUT2D eigenvalue weighted by Crippen LogP contribution is -2.05. The summed E-state index contributed by atoms with van der Waals surface area (Å²) >= 11 is 0. The summed E-state index contributed by atoms with van der Waals surface area (Å²) in [6, 6.07) is 45.8. The number of hydrogen-bond acceptors (Lipinski definition) is 0. The van der Waals surface area contributed by atoms with E-state index in [1.54, 1.807) is 0 Å². The molecule has 152 valence electrons. The molecule has 6 aromatic rings. The summed E-state index contributed by atoms with van der Waals surface area (Å²) in [5.41, 5.74) is 8.81. The van der Waals surface area contributed by atoms with Gasteiger partial charge in [0.05, 0.1) is 0 Å². The fourth-order valence-electron chi connectivity index (χ4n) is 4.87. The molecule has 0 fully saturated rings. The van der Waals surface area contributed by atoms with Gasteiger partial charge in [0.25, 0.3) is 0 Å². The monoisotopic (exact) mass is 409 g/mol. The van der Waals surface area contributed by atoms with E-state index in [0.29, 0.717) is 0 Å². The van der Waals surface area contributed by atoms with Crippen molar-refractivity contribution >= 4 is 21.8 Å². The fourth-order valence-corrected chi connectivity index (χ4v) is 4.87. The van der Waals surface area contributed by atoms with E-state index in [-0.39, 0.29) is 5.92 Å². The normalized spacial score (nSPS) is 11.4. The molecule has 1 heteroatoms. The highest BCUT2D eigenvalue weighted by molar-refractivity contribution is 6.08. The predicted molar refractivity (Wildman–Crippen MR) is 135 cm³/mol. The summed E-state index contributed by atoms with van der Waals surface area (Å²) < 4.78 is 0. The molecule has 1 N–H and O–H groups in total. The van der Waals surface area contributed by atoms with Gasteiger partial charge in [-0.15, -0.1) is 0 Å². The molecule has 5 aromatic carbocycles. The number of H-pyrrole nitrogens is 1. The Bertz CT molecular complexity index is 1470. The number of hydrogen-bond donors (Lipinski definition) is 1. The number of rotatable bonds is 4. The molecule has 1 nitrogen and oxygen atoms in total. The number of aromatic amines is 1. The first-order chi connectivity index (χ1) is 15.9. The second-order valence-corrected chi connectivity index (χ2v) is 8.27. The summed E-state index contributed by atoms with van der Waals surface area (Å²) in [6.07, 6.45) is 0. The van der Waals surface area contributed by atoms with E-state index in [1.165, 1.54) is 49.6 Å². The zero-order valence-corrected chi connectivity index (χ0v) is 17.7. The minimum atomic E-state index is 0.173. The van der Waals surface area contributed by atoms with Crippen molar-refractivity contribution < 1.29 is 0 Å². The van der Waals surface area contributed by atoms with Gasteiger partial charge < -0.3 is 4.98 Å². The number of para-hydroxylation sites is 1. The van der Waals surface area contributed by atoms with Crippen LogP contribution in [0.25, 0.3) is 32.9 Å². The molecule has 0 amide bonds. The van der Waals surface area contributed by atoms with E-state index in [0.717, 1.165) is 0 Å². The molecule has 0 radical (unpaired) electrons. The van der Waals surface area contributed by atoms with Gasteiger partial charge in [-0.2, -0.15) is 0 Å². The summed E-state index contributed by atoms with van der Waals surface area (Å²) in [6.45, 7) is 0. The van der Waals surface area contributed by atoms with Crippen LogP contribution in [0.3, 0.4) is 0 Å². The van der Waals surface area contributed by atoms with E-state index in [4.69, 9.17) is 0 Å². The van der Waals surface area contributed by atoms with Gasteiger partial charge in [0.15, 0.2) is 0 Å². The predicted octanol–water partition coefficient (Wildman–Crippen LogP) is 8.17. The standard InChI is InChI=1S/C31H23N/c1-3-11-22(12-4-1)31(23-13-5-2-6-14-23)27-17-8-7-15-25(27)24-19-20-30-28(21-24)26-16-9-10-18-29(26)32-30/h1-21,31-32H. The van der Waals surface area contributed by atoms with Crippen LogP contribution in [0.15, 0.2) is 127 Å². The molecule has 0 aliphatic rings. The molecule has 0 saturated heterocycles. The third kappa shape index (κ3) is 3.19. The van der Waals surface area contributed by atoms with Gasteiger partial charge in [0.1, 0.15) is 0 Å². The largest absolute Gasteiger partial charge is 0.355 e. The first kappa shape index (κ1) is 18.7. The maximum absolute atomic E-state index is 3.55. The number of fused-ring (bicyclic) bond motifs is 3. The van der Waals surface area contributed by atoms with Gasteiger partial charge in [-0.25, -0.2) is 0 Å². The topological polar surface area (TPSA) is 15.8 Å². The third-order valence-electron chi connectivity index (χ3n) is 6.35. The molecule has 32 heavy (non-hydrogen) atoms. The zero-order valence-electron chi connectivity index (χ0n) is 17.7. The van der Waals surface area contributed by atoms with Crippen LogP contribution in [0, 0.1) is 0 Å². The van der Waals surface area contributed by atoms with Crippen LogP contribution in [-0.2, 0) is 0 Å². The lowest BCUT2D eigenvalue weighted by molar-refractivity contribution is 0.980. The molecule has 0 atom stereocenters. The van der Waals surface area contributed by atoms with Crippen LogP contribution in [0.5, 0.6) is 0 Å². The minimum Gasteiger partial charge on any atom is -0.355 e. The van der Waals surface area contributed by atoms with E-state index >= 15 is 0 Å². The van der Waals surface area contributed by atoms with Gasteiger partial charge in [-0.1, -0.05) is 109 Å². The SMILES string of the molecule is c1ccc(C(c2ccccc2)c2ccccc2-c2ccc3[nH]c4ccccc4c3c2)cc1. The Labute approximate surface area is 188 Å². The van der Waals surface area contributed by atoms with Crippen LogP contribution in [0.2, 0.25) is 0 Å². The van der Waals surface area contributed by atoms with Crippen molar-refractivity contribution in [3.63, 3.8) is 0 Å². The van der Waals surface area contributed by atoms with Gasteiger partial charge in [-0.3, -0.25) is 0 Å². The third-order valence-corrected chi connectivity index (χ3v) is 6.35. The smallest absolute Gasteiger partial charge is 0.0465 e. The summed E-state index contributed by atoms with van der Waals surface area (Å²) in [5, 5.41) is 2.54. The Morgan fingerprint density at radius 2 is 1.06 bits per heavy atom. The van der Waals surface area contributed by atoms with Crippen molar-refractivity contribution in [3.05, 3.63) is 144 Å². The van der Waals surface area contributed by atoms with Gasteiger partial charge in [0.2, 0.25) is 0 Å². The molecule has 0 aliphatic carbocycles. The van der Waals surface area contributed by atoms with Gasteiger partial charge >= 0.3 is 0 Å². The van der Waals surface area contributed by atoms with Gasteiger partial charge in [0, 0.05) is 27.7 Å². The van der Waals surface area contributed by atoms with E-state index < -0.39 is 0 Å². The zero-order chi connectivity index (χ0) is 21.3. The van der Waals surface area contributed by atoms with Gasteiger partial charge in [-0.05, 0) is 46.0 Å². The first-order valence-electron chi connectivity index (χ1n) is 11.1. The molecule has 1 heterocycles. The van der Waals surface area contributed by atoms with E-state index in [2.05, 4.69) is 132 Å². The average molecular weight is 410 g/mol. The molecular formula is C31H23N. The summed E-state index contributed by atoms with van der Waals surface area (Å²) in [5.74, 6) is 0.173. The first-order valence-corrected chi connectivity index (χ1v) is 11.1. The summed E-state index contributed by atoms with van der Waals surface area (Å²) in [7, 11) is 0. The molecule has 1 aromatic heterocycles. The minimum absolute atomic E-state index is 0.173. The Balaban J connectivity index is 1.57. The van der Waals surface area contributed by atoms with E-state index in [1.807, 2.05) is 0 Å². The lowest BCUT2D eigenvalue weighted by Gasteiger charge is -2.22. The number of aromatic nitrogens is 1. The molecule has 0 bridgehead atoms. The van der Waals surface area contributed by atoms with Crippen molar-refractivity contribution in [1.82, 2.24) is 4.98 Å². The second-order valence-electron chi connectivity index (χ2n) is 8.27. The van der Waals surface area contributed by atoms with E-state index in [9.17, 15) is 0 Å². The van der Waals surface area contributed by atoms with Crippen LogP contribution < -0.4 is 0 Å². The van der Waals surface area contributed by atoms with Crippen molar-refractivity contribution in [2.75, 3.05) is 0 Å². The average Bonchev–Trinajstić information content (AvgIpc) is 3.24. The number of nitrogens with one attached hydrogen (secondary N) is 1. The molecule has 0 saturated carbocycles. The molecule has 6 rings (SSSR count). The lowest BCUT2D eigenvalue weighted by atomic mass is 9.81. The maximum Gasteiger partial charge on any atom is 0.0465 e. The molecule has 0 aliphatic heterocycles. The second kappa shape index (κ2) is 7.86. The summed E-state index contributed by atoms with van der Waals surface area (Å²) in [4.78, 5) is 3.55. The Morgan fingerprint density at radius 1 is 0.469 bits per heavy atom. The Kier molecular flexibility index (Phi) is 4.58. The highest BCUT2D eigenvalue weighted by atomic mass is 14.7. The number of benzene rings is 5. The molecular weight excluding hydrogens is 386 g/mol. The highest BCUT2D eigenvalue weighted by Crippen LogP contribution is 2.39. The van der Waals surface area contributed by atoms with Crippen LogP contribution >= 0.6 is 0 Å². The maximum atomic E-state index is 3.55. The van der Waals surface area contributed by atoms with Crippen LogP contribution in [0.4, 0.5) is 0 Å². The quantitative estimate of drug-likeness (QED) is 0.283. The highest BCUT2D eigenvalue weighted by Gasteiger charge is 2.20. The van der Waals surface area contributed by atoms with Crippen molar-refractivity contribution in [1.29, 1.82) is 0 Å². The Morgan fingerprint density at radius 3 is 1.81 bits per heavy atom. The van der Waals surface area contributed by atoms with Crippen LogP contribution in [-0.4, -0.2) is 4.98 Å². The Hall–Kier alpha value is -4.10.